The van der Waals surface area contributed by atoms with Crippen molar-refractivity contribution >= 4 is 12.0 Å². The van der Waals surface area contributed by atoms with E-state index in [-0.39, 0.29) is 5.91 Å². The van der Waals surface area contributed by atoms with Gasteiger partial charge >= 0.3 is 0 Å². The summed E-state index contributed by atoms with van der Waals surface area (Å²) in [6.07, 6.45) is 6.97. The second kappa shape index (κ2) is 5.34. The van der Waals surface area contributed by atoms with E-state index in [2.05, 4.69) is 5.10 Å². The summed E-state index contributed by atoms with van der Waals surface area (Å²) in [6.45, 7) is 5.43. The van der Waals surface area contributed by atoms with Gasteiger partial charge in [0.25, 0.3) is 0 Å². The van der Waals surface area contributed by atoms with Crippen molar-refractivity contribution in [3.8, 4) is 0 Å². The molecule has 4 heteroatoms. The number of aryl methyl sites for hydroxylation is 1. The first-order valence-electron chi connectivity index (χ1n) is 5.13. The van der Waals surface area contributed by atoms with Gasteiger partial charge in [0.15, 0.2) is 0 Å². The van der Waals surface area contributed by atoms with Crippen LogP contribution in [-0.4, -0.2) is 33.7 Å². The number of aromatic nitrogens is 2. The molecule has 0 fully saturated rings. The van der Waals surface area contributed by atoms with Crippen LogP contribution in [0, 0.1) is 0 Å². The van der Waals surface area contributed by atoms with Gasteiger partial charge in [0.05, 0.1) is 6.20 Å². The van der Waals surface area contributed by atoms with Crippen molar-refractivity contribution in [2.45, 2.75) is 13.8 Å². The zero-order valence-corrected chi connectivity index (χ0v) is 9.47. The van der Waals surface area contributed by atoms with Gasteiger partial charge in [-0.05, 0) is 19.9 Å². The summed E-state index contributed by atoms with van der Waals surface area (Å²) >= 11 is 0. The first-order valence-corrected chi connectivity index (χ1v) is 5.13. The molecule has 0 aromatic carbocycles. The molecule has 15 heavy (non-hydrogen) atoms. The van der Waals surface area contributed by atoms with Crippen LogP contribution >= 0.6 is 0 Å². The molecule has 82 valence electrons. The van der Waals surface area contributed by atoms with Gasteiger partial charge in [-0.2, -0.15) is 5.10 Å². The lowest BCUT2D eigenvalue weighted by Crippen LogP contribution is -2.28. The zero-order valence-electron chi connectivity index (χ0n) is 9.47. The number of likely N-dealkylation sites (N-methyl/N-ethyl adjacent to an activating group) is 1. The van der Waals surface area contributed by atoms with Crippen LogP contribution in [0.1, 0.15) is 19.4 Å². The largest absolute Gasteiger partial charge is 0.340 e. The van der Waals surface area contributed by atoms with Crippen molar-refractivity contribution in [3.63, 3.8) is 0 Å². The van der Waals surface area contributed by atoms with E-state index in [1.54, 1.807) is 27.9 Å². The first-order chi connectivity index (χ1) is 7.17. The highest BCUT2D eigenvalue weighted by Crippen LogP contribution is 2.00. The van der Waals surface area contributed by atoms with Crippen LogP contribution in [-0.2, 0) is 11.8 Å². The minimum atomic E-state index is 0.0452. The normalized spacial score (nSPS) is 10.9. The molecule has 0 aliphatic heterocycles. The molecule has 0 unspecified atom stereocenters. The molecule has 0 bridgehead atoms. The standard InChI is InChI=1S/C11H17N3O/c1-4-14(5-2)11(15)7-6-10-8-12-13(3)9-10/h6-9H,4-5H2,1-3H3. The third kappa shape index (κ3) is 3.23. The number of carbonyl (C=O) groups is 1. The predicted molar refractivity (Wildman–Crippen MR) is 60.2 cm³/mol. The van der Waals surface area contributed by atoms with E-state index in [1.165, 1.54) is 0 Å². The summed E-state index contributed by atoms with van der Waals surface area (Å²) in [5, 5.41) is 4.02. The van der Waals surface area contributed by atoms with Crippen LogP contribution in [0.25, 0.3) is 6.08 Å². The van der Waals surface area contributed by atoms with Crippen molar-refractivity contribution < 1.29 is 4.79 Å². The molecule has 0 aliphatic carbocycles. The van der Waals surface area contributed by atoms with Gasteiger partial charge in [-0.25, -0.2) is 0 Å². The Morgan fingerprint density at radius 1 is 1.53 bits per heavy atom. The highest BCUT2D eigenvalue weighted by molar-refractivity contribution is 5.91. The molecule has 4 nitrogen and oxygen atoms in total. The molecule has 0 atom stereocenters. The van der Waals surface area contributed by atoms with E-state index in [0.717, 1.165) is 18.7 Å². The number of nitrogens with zero attached hydrogens (tertiary/aromatic N) is 3. The summed E-state index contributed by atoms with van der Waals surface area (Å²) in [4.78, 5) is 13.4. The number of hydrogen-bond acceptors (Lipinski definition) is 2. The summed E-state index contributed by atoms with van der Waals surface area (Å²) in [7, 11) is 1.85. The Balaban J connectivity index is 2.61. The Kier molecular flexibility index (Phi) is 4.09. The van der Waals surface area contributed by atoms with Gasteiger partial charge in [0.1, 0.15) is 0 Å². The van der Waals surface area contributed by atoms with E-state index >= 15 is 0 Å². The second-order valence-corrected chi connectivity index (χ2v) is 3.29. The molecule has 1 heterocycles. The molecule has 1 aromatic rings. The maximum absolute atomic E-state index is 11.6. The minimum Gasteiger partial charge on any atom is -0.340 e. The minimum absolute atomic E-state index is 0.0452. The molecule has 1 aromatic heterocycles. The van der Waals surface area contributed by atoms with Crippen molar-refractivity contribution in [1.82, 2.24) is 14.7 Å². The fourth-order valence-corrected chi connectivity index (χ4v) is 1.33. The maximum Gasteiger partial charge on any atom is 0.246 e. The van der Waals surface area contributed by atoms with Crippen LogP contribution in [0.3, 0.4) is 0 Å². The quantitative estimate of drug-likeness (QED) is 0.698. The average molecular weight is 207 g/mol. The SMILES string of the molecule is CCN(CC)C(=O)C=Cc1cnn(C)c1. The fourth-order valence-electron chi connectivity index (χ4n) is 1.33. The number of amides is 1. The first kappa shape index (κ1) is 11.5. The lowest BCUT2D eigenvalue weighted by molar-refractivity contribution is -0.125. The third-order valence-electron chi connectivity index (χ3n) is 2.22. The van der Waals surface area contributed by atoms with Gasteiger partial charge in [-0.3, -0.25) is 9.48 Å². The van der Waals surface area contributed by atoms with Crippen molar-refractivity contribution in [2.24, 2.45) is 7.05 Å². The Morgan fingerprint density at radius 2 is 2.20 bits per heavy atom. The Bertz CT molecular complexity index is 350. The van der Waals surface area contributed by atoms with Crippen LogP contribution in [0.5, 0.6) is 0 Å². The zero-order chi connectivity index (χ0) is 11.3. The monoisotopic (exact) mass is 207 g/mol. The summed E-state index contributed by atoms with van der Waals surface area (Å²) in [6, 6.07) is 0. The van der Waals surface area contributed by atoms with E-state index in [9.17, 15) is 4.79 Å². The highest BCUT2D eigenvalue weighted by atomic mass is 16.2. The van der Waals surface area contributed by atoms with Crippen LogP contribution < -0.4 is 0 Å². The smallest absolute Gasteiger partial charge is 0.246 e. The number of hydrogen-bond donors (Lipinski definition) is 0. The maximum atomic E-state index is 11.6. The highest BCUT2D eigenvalue weighted by Gasteiger charge is 2.04. The lowest BCUT2D eigenvalue weighted by atomic mass is 10.3. The van der Waals surface area contributed by atoms with Crippen LogP contribution in [0.2, 0.25) is 0 Å². The molecular formula is C11H17N3O. The molecular weight excluding hydrogens is 190 g/mol. The number of carbonyl (C=O) groups excluding carboxylic acids is 1. The molecule has 0 saturated heterocycles. The summed E-state index contributed by atoms with van der Waals surface area (Å²) < 4.78 is 1.71. The fraction of sp³-hybridized carbons (Fsp3) is 0.455. The predicted octanol–water partition coefficient (Wildman–Crippen LogP) is 1.30. The molecule has 1 amide bonds. The van der Waals surface area contributed by atoms with Crippen molar-refractivity contribution in [2.75, 3.05) is 13.1 Å². The van der Waals surface area contributed by atoms with Gasteiger partial charge in [-0.15, -0.1) is 0 Å². The molecule has 0 radical (unpaired) electrons. The Labute approximate surface area is 90.2 Å². The third-order valence-corrected chi connectivity index (χ3v) is 2.22. The molecule has 1 rings (SSSR count). The van der Waals surface area contributed by atoms with Gasteiger partial charge in [-0.1, -0.05) is 0 Å². The second-order valence-electron chi connectivity index (χ2n) is 3.29. The van der Waals surface area contributed by atoms with Crippen LogP contribution in [0.4, 0.5) is 0 Å². The summed E-state index contributed by atoms with van der Waals surface area (Å²) in [5.41, 5.74) is 0.943. The van der Waals surface area contributed by atoms with E-state index in [4.69, 9.17) is 0 Å². The molecule has 0 saturated carbocycles. The Morgan fingerprint density at radius 3 is 2.67 bits per heavy atom. The lowest BCUT2D eigenvalue weighted by Gasteiger charge is -2.15. The number of rotatable bonds is 4. The van der Waals surface area contributed by atoms with E-state index < -0.39 is 0 Å². The van der Waals surface area contributed by atoms with Crippen molar-refractivity contribution in [3.05, 3.63) is 24.0 Å². The summed E-state index contributed by atoms with van der Waals surface area (Å²) in [5.74, 6) is 0.0452. The topological polar surface area (TPSA) is 38.1 Å². The van der Waals surface area contributed by atoms with E-state index in [1.807, 2.05) is 27.1 Å². The van der Waals surface area contributed by atoms with Gasteiger partial charge in [0.2, 0.25) is 5.91 Å². The molecule has 0 aliphatic rings. The van der Waals surface area contributed by atoms with E-state index in [0.29, 0.717) is 0 Å². The average Bonchev–Trinajstić information content (AvgIpc) is 2.63. The van der Waals surface area contributed by atoms with Gasteiger partial charge < -0.3 is 4.90 Å². The molecule has 0 N–H and O–H groups in total. The van der Waals surface area contributed by atoms with Crippen LogP contribution in [0.15, 0.2) is 18.5 Å². The van der Waals surface area contributed by atoms with Gasteiger partial charge in [0, 0.05) is 38.0 Å². The Hall–Kier alpha value is -1.58. The van der Waals surface area contributed by atoms with Crippen molar-refractivity contribution in [1.29, 1.82) is 0 Å². The molecule has 0 spiro atoms.